The van der Waals surface area contributed by atoms with Gasteiger partial charge in [0.15, 0.2) is 0 Å². The van der Waals surface area contributed by atoms with Gasteiger partial charge in [0, 0.05) is 6.07 Å². The Bertz CT molecular complexity index is 282. The van der Waals surface area contributed by atoms with E-state index in [0.29, 0.717) is 5.69 Å². The number of hydrogen-bond donors (Lipinski definition) is 1. The van der Waals surface area contributed by atoms with Crippen LogP contribution in [-0.2, 0) is 4.74 Å². The number of furan rings is 1. The molecule has 0 aromatic carbocycles. The highest BCUT2D eigenvalue weighted by atomic mass is 16.6. The third-order valence-electron chi connectivity index (χ3n) is 2.04. The van der Waals surface area contributed by atoms with Crippen LogP contribution in [-0.4, -0.2) is 12.2 Å². The first-order valence-electron chi connectivity index (χ1n) is 5.22. The molecule has 1 atom stereocenters. The van der Waals surface area contributed by atoms with Crippen molar-refractivity contribution in [2.75, 3.05) is 5.32 Å². The van der Waals surface area contributed by atoms with Crippen LogP contribution in [0, 0.1) is 0 Å². The maximum atomic E-state index is 11.3. The fourth-order valence-corrected chi connectivity index (χ4v) is 1.22. The molecule has 0 aliphatic carbocycles. The second kappa shape index (κ2) is 6.11. The van der Waals surface area contributed by atoms with Gasteiger partial charge in [0.2, 0.25) is 0 Å². The highest BCUT2D eigenvalue weighted by Gasteiger charge is 2.09. The minimum absolute atomic E-state index is 0.0446. The number of nitrogens with one attached hydrogen (secondary N) is 1. The maximum absolute atomic E-state index is 11.3. The third-order valence-corrected chi connectivity index (χ3v) is 2.04. The highest BCUT2D eigenvalue weighted by Crippen LogP contribution is 2.09. The van der Waals surface area contributed by atoms with Crippen molar-refractivity contribution in [3.63, 3.8) is 0 Å². The molecule has 1 heterocycles. The van der Waals surface area contributed by atoms with E-state index in [9.17, 15) is 4.79 Å². The van der Waals surface area contributed by atoms with E-state index in [4.69, 9.17) is 9.15 Å². The molecule has 0 radical (unpaired) electrons. The van der Waals surface area contributed by atoms with E-state index in [-0.39, 0.29) is 6.10 Å². The first kappa shape index (κ1) is 11.6. The molecule has 84 valence electrons. The summed E-state index contributed by atoms with van der Waals surface area (Å²) in [6.45, 7) is 4.00. The zero-order valence-corrected chi connectivity index (χ0v) is 9.16. The van der Waals surface area contributed by atoms with Gasteiger partial charge in [-0.25, -0.2) is 4.79 Å². The number of carbonyl (C=O) groups excluding carboxylic acids is 1. The first-order valence-corrected chi connectivity index (χ1v) is 5.22. The molecule has 4 heteroatoms. The summed E-state index contributed by atoms with van der Waals surface area (Å²) in [6.07, 6.45) is 5.55. The lowest BCUT2D eigenvalue weighted by molar-refractivity contribution is 0.114. The topological polar surface area (TPSA) is 51.5 Å². The minimum Gasteiger partial charge on any atom is -0.470 e. The predicted octanol–water partition coefficient (Wildman–Crippen LogP) is 3.41. The van der Waals surface area contributed by atoms with Crippen molar-refractivity contribution in [2.24, 2.45) is 0 Å². The second-order valence-electron chi connectivity index (χ2n) is 3.50. The van der Waals surface area contributed by atoms with Crippen LogP contribution >= 0.6 is 0 Å². The van der Waals surface area contributed by atoms with Gasteiger partial charge in [-0.05, 0) is 13.3 Å². The molecule has 4 nitrogen and oxygen atoms in total. The summed E-state index contributed by atoms with van der Waals surface area (Å²) < 4.78 is 9.95. The summed E-state index contributed by atoms with van der Waals surface area (Å²) in [7, 11) is 0. The normalized spacial score (nSPS) is 12.1. The van der Waals surface area contributed by atoms with E-state index >= 15 is 0 Å². The van der Waals surface area contributed by atoms with E-state index < -0.39 is 6.09 Å². The molecule has 0 aliphatic rings. The zero-order chi connectivity index (χ0) is 11.1. The van der Waals surface area contributed by atoms with E-state index in [1.807, 2.05) is 6.92 Å². The average molecular weight is 211 g/mol. The van der Waals surface area contributed by atoms with Crippen molar-refractivity contribution in [1.29, 1.82) is 0 Å². The van der Waals surface area contributed by atoms with Crippen LogP contribution in [0.25, 0.3) is 0 Å². The Morgan fingerprint density at radius 1 is 1.67 bits per heavy atom. The summed E-state index contributed by atoms with van der Waals surface area (Å²) in [6, 6.07) is 1.66. The smallest absolute Gasteiger partial charge is 0.411 e. The number of amides is 1. The van der Waals surface area contributed by atoms with E-state index in [0.717, 1.165) is 19.3 Å². The van der Waals surface area contributed by atoms with Crippen molar-refractivity contribution in [3.8, 4) is 0 Å². The fraction of sp³-hybridized carbons (Fsp3) is 0.545. The molecule has 1 unspecified atom stereocenters. The van der Waals surface area contributed by atoms with Crippen LogP contribution in [0.15, 0.2) is 23.0 Å². The van der Waals surface area contributed by atoms with E-state index in [2.05, 4.69) is 12.2 Å². The Balaban J connectivity index is 2.23. The number of carbonyl (C=O) groups is 1. The summed E-state index contributed by atoms with van der Waals surface area (Å²) in [5.41, 5.74) is 0.614. The third kappa shape index (κ3) is 4.54. The molecule has 1 N–H and O–H groups in total. The molecular weight excluding hydrogens is 194 g/mol. The second-order valence-corrected chi connectivity index (χ2v) is 3.50. The van der Waals surface area contributed by atoms with Gasteiger partial charge in [-0.1, -0.05) is 19.8 Å². The SMILES string of the molecule is CCCCC(C)OC(=O)Nc1ccoc1. The minimum atomic E-state index is -0.431. The van der Waals surface area contributed by atoms with Crippen LogP contribution in [0.2, 0.25) is 0 Å². The molecule has 0 bridgehead atoms. The molecule has 0 spiro atoms. The highest BCUT2D eigenvalue weighted by molar-refractivity contribution is 5.84. The van der Waals surface area contributed by atoms with Crippen LogP contribution < -0.4 is 5.32 Å². The van der Waals surface area contributed by atoms with Gasteiger partial charge in [0.25, 0.3) is 0 Å². The number of unbranched alkanes of at least 4 members (excludes halogenated alkanes) is 1. The largest absolute Gasteiger partial charge is 0.470 e. The van der Waals surface area contributed by atoms with Crippen LogP contribution in [0.3, 0.4) is 0 Å². The first-order chi connectivity index (χ1) is 7.22. The molecular formula is C11H17NO3. The molecule has 1 amide bonds. The summed E-state index contributed by atoms with van der Waals surface area (Å²) in [4.78, 5) is 11.3. The van der Waals surface area contributed by atoms with Gasteiger partial charge in [-0.3, -0.25) is 5.32 Å². The fourth-order valence-electron chi connectivity index (χ4n) is 1.22. The molecule has 1 rings (SSSR count). The van der Waals surface area contributed by atoms with Crippen LogP contribution in [0.5, 0.6) is 0 Å². The van der Waals surface area contributed by atoms with Gasteiger partial charge in [-0.2, -0.15) is 0 Å². The lowest BCUT2D eigenvalue weighted by atomic mass is 10.2. The Morgan fingerprint density at radius 3 is 3.07 bits per heavy atom. The number of hydrogen-bond acceptors (Lipinski definition) is 3. The lowest BCUT2D eigenvalue weighted by Crippen LogP contribution is -2.19. The zero-order valence-electron chi connectivity index (χ0n) is 9.16. The molecule has 0 aliphatic heterocycles. The standard InChI is InChI=1S/C11H17NO3/c1-3-4-5-9(2)15-11(13)12-10-6-7-14-8-10/h6-9H,3-5H2,1-2H3,(H,12,13). The van der Waals surface area contributed by atoms with Crippen LogP contribution in [0.1, 0.15) is 33.1 Å². The van der Waals surface area contributed by atoms with E-state index in [1.54, 1.807) is 6.07 Å². The molecule has 0 saturated heterocycles. The van der Waals surface area contributed by atoms with Crippen molar-refractivity contribution in [3.05, 3.63) is 18.6 Å². The van der Waals surface area contributed by atoms with Gasteiger partial charge in [0.1, 0.15) is 12.4 Å². The summed E-state index contributed by atoms with van der Waals surface area (Å²) in [5, 5.41) is 2.57. The van der Waals surface area contributed by atoms with E-state index in [1.165, 1.54) is 12.5 Å². The summed E-state index contributed by atoms with van der Waals surface area (Å²) >= 11 is 0. The van der Waals surface area contributed by atoms with Crippen LogP contribution in [0.4, 0.5) is 10.5 Å². The number of rotatable bonds is 5. The molecule has 0 saturated carbocycles. The monoisotopic (exact) mass is 211 g/mol. The number of anilines is 1. The molecule has 0 fully saturated rings. The lowest BCUT2D eigenvalue weighted by Gasteiger charge is -2.12. The Kier molecular flexibility index (Phi) is 4.74. The van der Waals surface area contributed by atoms with Crippen molar-refractivity contribution < 1.29 is 13.9 Å². The van der Waals surface area contributed by atoms with Gasteiger partial charge in [0.05, 0.1) is 12.0 Å². The van der Waals surface area contributed by atoms with Gasteiger partial charge >= 0.3 is 6.09 Å². The molecule has 1 aromatic heterocycles. The molecule has 1 aromatic rings. The van der Waals surface area contributed by atoms with Crippen molar-refractivity contribution >= 4 is 11.8 Å². The Morgan fingerprint density at radius 2 is 2.47 bits per heavy atom. The average Bonchev–Trinajstić information content (AvgIpc) is 2.67. The van der Waals surface area contributed by atoms with Crippen molar-refractivity contribution in [2.45, 2.75) is 39.2 Å². The molecule has 15 heavy (non-hydrogen) atoms. The number of ether oxygens (including phenoxy) is 1. The van der Waals surface area contributed by atoms with Crippen molar-refractivity contribution in [1.82, 2.24) is 0 Å². The maximum Gasteiger partial charge on any atom is 0.411 e. The summed E-state index contributed by atoms with van der Waals surface area (Å²) in [5.74, 6) is 0. The Labute approximate surface area is 89.6 Å². The predicted molar refractivity (Wildman–Crippen MR) is 57.8 cm³/mol. The van der Waals surface area contributed by atoms with Gasteiger partial charge < -0.3 is 9.15 Å². The van der Waals surface area contributed by atoms with Gasteiger partial charge in [-0.15, -0.1) is 0 Å². The Hall–Kier alpha value is -1.45. The quantitative estimate of drug-likeness (QED) is 0.812.